The normalized spacial score (nSPS) is 35.6. The predicted molar refractivity (Wildman–Crippen MR) is 96.9 cm³/mol. The zero-order chi connectivity index (χ0) is 16.4. The molecule has 0 spiro atoms. The molecule has 3 fully saturated rings. The Balaban J connectivity index is 1.21. The molecule has 1 aliphatic carbocycles. The van der Waals surface area contributed by atoms with Gasteiger partial charge in [0.05, 0.1) is 0 Å². The number of fused-ring (bicyclic) bond motifs is 2. The van der Waals surface area contributed by atoms with Crippen molar-refractivity contribution in [2.75, 3.05) is 0 Å². The first-order chi connectivity index (χ1) is 11.8. The number of nitrogens with one attached hydrogen (secondary N) is 2. The van der Waals surface area contributed by atoms with Crippen LogP contribution in [0.15, 0.2) is 30.3 Å². The minimum Gasteiger partial charge on any atom is -0.353 e. The van der Waals surface area contributed by atoms with E-state index < -0.39 is 0 Å². The number of benzene rings is 1. The maximum absolute atomic E-state index is 12.4. The third kappa shape index (κ3) is 3.83. The summed E-state index contributed by atoms with van der Waals surface area (Å²) in [6.45, 7) is 0. The Hall–Kier alpha value is -1.35. The quantitative estimate of drug-likeness (QED) is 0.885. The molecular weight excluding hydrogens is 296 g/mol. The van der Waals surface area contributed by atoms with E-state index in [1.165, 1.54) is 44.1 Å². The zero-order valence-electron chi connectivity index (χ0n) is 14.5. The van der Waals surface area contributed by atoms with Crippen LogP contribution in [-0.2, 0) is 4.79 Å². The Morgan fingerprint density at radius 3 is 2.29 bits per heavy atom. The maximum Gasteiger partial charge on any atom is 0.220 e. The number of carbonyl (C=O) groups excluding carboxylic acids is 1. The Bertz CT molecular complexity index is 538. The summed E-state index contributed by atoms with van der Waals surface area (Å²) >= 11 is 0. The van der Waals surface area contributed by atoms with Crippen LogP contribution in [0, 0.1) is 5.92 Å². The van der Waals surface area contributed by atoms with Crippen molar-refractivity contribution < 1.29 is 4.79 Å². The molecule has 2 aliphatic heterocycles. The lowest BCUT2D eigenvalue weighted by Gasteiger charge is -2.31. The van der Waals surface area contributed by atoms with Crippen molar-refractivity contribution in [3.8, 4) is 0 Å². The highest BCUT2D eigenvalue weighted by molar-refractivity contribution is 5.76. The topological polar surface area (TPSA) is 41.1 Å². The fraction of sp³-hybridized carbons (Fsp3) is 0.667. The third-order valence-electron chi connectivity index (χ3n) is 6.41. The lowest BCUT2D eigenvalue weighted by Crippen LogP contribution is -2.42. The van der Waals surface area contributed by atoms with Crippen LogP contribution in [0.25, 0.3) is 0 Å². The van der Waals surface area contributed by atoms with E-state index in [-0.39, 0.29) is 0 Å². The summed E-state index contributed by atoms with van der Waals surface area (Å²) in [7, 11) is 0. The second-order valence-corrected chi connectivity index (χ2v) is 8.21. The van der Waals surface area contributed by atoms with Crippen molar-refractivity contribution >= 4 is 5.91 Å². The van der Waals surface area contributed by atoms with E-state index in [4.69, 9.17) is 0 Å². The number of carbonyl (C=O) groups is 1. The number of hydrogen-bond donors (Lipinski definition) is 2. The zero-order valence-corrected chi connectivity index (χ0v) is 14.5. The molecule has 4 rings (SSSR count). The third-order valence-corrected chi connectivity index (χ3v) is 6.41. The van der Waals surface area contributed by atoms with Crippen molar-refractivity contribution in [2.45, 2.75) is 81.8 Å². The fourth-order valence-electron chi connectivity index (χ4n) is 5.19. The summed E-state index contributed by atoms with van der Waals surface area (Å²) in [5.41, 5.74) is 1.47. The van der Waals surface area contributed by atoms with Gasteiger partial charge in [-0.1, -0.05) is 30.3 Å². The second-order valence-electron chi connectivity index (χ2n) is 8.21. The molecule has 3 aliphatic rings. The first-order valence-corrected chi connectivity index (χ1v) is 9.86. The molecule has 24 heavy (non-hydrogen) atoms. The van der Waals surface area contributed by atoms with Gasteiger partial charge in [-0.25, -0.2) is 0 Å². The summed E-state index contributed by atoms with van der Waals surface area (Å²) in [6, 6.07) is 12.6. The molecule has 0 radical (unpaired) electrons. The predicted octanol–water partition coefficient (Wildman–Crippen LogP) is 3.75. The van der Waals surface area contributed by atoms with Crippen molar-refractivity contribution in [3.63, 3.8) is 0 Å². The van der Waals surface area contributed by atoms with E-state index in [2.05, 4.69) is 41.0 Å². The van der Waals surface area contributed by atoms with Crippen molar-refractivity contribution in [1.82, 2.24) is 10.6 Å². The largest absolute Gasteiger partial charge is 0.353 e. The molecule has 1 saturated carbocycles. The Kier molecular flexibility index (Phi) is 4.88. The molecule has 2 N–H and O–H groups in total. The van der Waals surface area contributed by atoms with Crippen LogP contribution < -0.4 is 10.6 Å². The summed E-state index contributed by atoms with van der Waals surface area (Å²) in [6.07, 6.45) is 10.4. The highest BCUT2D eigenvalue weighted by Gasteiger charge is 2.34. The summed E-state index contributed by atoms with van der Waals surface area (Å²) < 4.78 is 0. The molecule has 2 unspecified atom stereocenters. The molecule has 2 saturated heterocycles. The Morgan fingerprint density at radius 2 is 1.62 bits per heavy atom. The van der Waals surface area contributed by atoms with Gasteiger partial charge in [-0.2, -0.15) is 0 Å². The molecular formula is C21H30N2O. The highest BCUT2D eigenvalue weighted by Crippen LogP contribution is 2.34. The van der Waals surface area contributed by atoms with Crippen molar-refractivity contribution in [1.29, 1.82) is 0 Å². The van der Waals surface area contributed by atoms with Gasteiger partial charge in [0.2, 0.25) is 5.91 Å². The molecule has 130 valence electrons. The van der Waals surface area contributed by atoms with Crippen LogP contribution in [-0.4, -0.2) is 24.0 Å². The Labute approximate surface area is 145 Å². The number of amides is 1. The number of rotatable bonds is 4. The van der Waals surface area contributed by atoms with Gasteiger partial charge in [0, 0.05) is 24.5 Å². The summed E-state index contributed by atoms with van der Waals surface area (Å²) in [5, 5.41) is 6.99. The lowest BCUT2D eigenvalue weighted by molar-refractivity contribution is -0.123. The van der Waals surface area contributed by atoms with Gasteiger partial charge < -0.3 is 10.6 Å². The molecule has 0 aromatic heterocycles. The number of hydrogen-bond acceptors (Lipinski definition) is 2. The van der Waals surface area contributed by atoms with E-state index in [0.29, 0.717) is 35.9 Å². The molecule has 1 amide bonds. The van der Waals surface area contributed by atoms with Gasteiger partial charge >= 0.3 is 0 Å². The van der Waals surface area contributed by atoms with Crippen LogP contribution in [0.1, 0.15) is 69.3 Å². The molecule has 2 atom stereocenters. The van der Waals surface area contributed by atoms with Gasteiger partial charge in [-0.3, -0.25) is 4.79 Å². The van der Waals surface area contributed by atoms with Crippen molar-refractivity contribution in [3.05, 3.63) is 35.9 Å². The van der Waals surface area contributed by atoms with Gasteiger partial charge in [0.15, 0.2) is 0 Å². The molecule has 1 aromatic rings. The SMILES string of the molecule is O=C(CC1CC2CCC(C1)N2)NC1CCC(c2ccccc2)CC1. The van der Waals surface area contributed by atoms with Crippen LogP contribution >= 0.6 is 0 Å². The smallest absolute Gasteiger partial charge is 0.220 e. The molecule has 3 heteroatoms. The van der Waals surface area contributed by atoms with Gasteiger partial charge in [0.25, 0.3) is 0 Å². The van der Waals surface area contributed by atoms with Crippen LogP contribution in [0.3, 0.4) is 0 Å². The van der Waals surface area contributed by atoms with Crippen LogP contribution in [0.2, 0.25) is 0 Å². The van der Waals surface area contributed by atoms with E-state index in [0.717, 1.165) is 19.3 Å². The van der Waals surface area contributed by atoms with Gasteiger partial charge in [0.1, 0.15) is 0 Å². The fourth-order valence-corrected chi connectivity index (χ4v) is 5.19. The molecule has 3 nitrogen and oxygen atoms in total. The van der Waals surface area contributed by atoms with Crippen LogP contribution in [0.4, 0.5) is 0 Å². The minimum absolute atomic E-state index is 0.296. The summed E-state index contributed by atoms with van der Waals surface area (Å²) in [4.78, 5) is 12.4. The Morgan fingerprint density at radius 1 is 0.958 bits per heavy atom. The average molecular weight is 326 g/mol. The molecule has 2 bridgehead atoms. The van der Waals surface area contributed by atoms with E-state index in [9.17, 15) is 4.79 Å². The summed E-state index contributed by atoms with van der Waals surface area (Å²) in [5.74, 6) is 1.58. The minimum atomic E-state index is 0.296. The second kappa shape index (κ2) is 7.26. The monoisotopic (exact) mass is 326 g/mol. The van der Waals surface area contributed by atoms with E-state index in [1.54, 1.807) is 0 Å². The average Bonchev–Trinajstić information content (AvgIpc) is 2.95. The van der Waals surface area contributed by atoms with E-state index in [1.807, 2.05) is 0 Å². The van der Waals surface area contributed by atoms with Gasteiger partial charge in [-0.05, 0) is 68.8 Å². The first-order valence-electron chi connectivity index (χ1n) is 9.86. The standard InChI is InChI=1S/C21H30N2O/c24-21(14-15-12-19-10-11-20(13-15)22-19)23-18-8-6-17(7-9-18)16-4-2-1-3-5-16/h1-5,15,17-20,22H,6-14H2,(H,23,24). The first kappa shape index (κ1) is 16.1. The van der Waals surface area contributed by atoms with Crippen LogP contribution in [0.5, 0.6) is 0 Å². The van der Waals surface area contributed by atoms with E-state index >= 15 is 0 Å². The van der Waals surface area contributed by atoms with Crippen molar-refractivity contribution in [2.24, 2.45) is 5.92 Å². The molecule has 1 aromatic carbocycles. The molecule has 2 heterocycles. The lowest BCUT2D eigenvalue weighted by atomic mass is 9.81. The number of piperidine rings is 1. The highest BCUT2D eigenvalue weighted by atomic mass is 16.1. The van der Waals surface area contributed by atoms with Gasteiger partial charge in [-0.15, -0.1) is 0 Å². The maximum atomic E-state index is 12.4.